The third-order valence-corrected chi connectivity index (χ3v) is 6.88. The molecule has 3 rings (SSSR count). The molecule has 212 valence electrons. The first-order chi connectivity index (χ1) is 18.7. The predicted molar refractivity (Wildman–Crippen MR) is 160 cm³/mol. The molecule has 1 unspecified atom stereocenters. The van der Waals surface area contributed by atoms with Crippen molar-refractivity contribution in [2.75, 3.05) is 25.0 Å². The van der Waals surface area contributed by atoms with Crippen molar-refractivity contribution in [2.45, 2.75) is 72.3 Å². The van der Waals surface area contributed by atoms with E-state index in [2.05, 4.69) is 27.7 Å². The van der Waals surface area contributed by atoms with Gasteiger partial charge in [0.25, 0.3) is 0 Å². The Labute approximate surface area is 234 Å². The number of anilines is 1. The Bertz CT molecular complexity index is 1070. The van der Waals surface area contributed by atoms with Crippen LogP contribution in [0.25, 0.3) is 0 Å². The lowest BCUT2D eigenvalue weighted by molar-refractivity contribution is -0.121. The Morgan fingerprint density at radius 3 is 2.26 bits per heavy atom. The number of nitrogens with one attached hydrogen (secondary N) is 2. The van der Waals surface area contributed by atoms with Crippen molar-refractivity contribution < 1.29 is 14.0 Å². The molecule has 1 atom stereocenters. The molecule has 0 radical (unpaired) electrons. The Balaban J connectivity index is 0.00000124. The van der Waals surface area contributed by atoms with Gasteiger partial charge in [0.05, 0.1) is 6.42 Å². The van der Waals surface area contributed by atoms with E-state index in [-0.39, 0.29) is 36.0 Å². The molecule has 0 bridgehead atoms. The molecular formula is C33H46FN3O2. The molecule has 5 nitrogen and oxygen atoms in total. The smallest absolute Gasteiger partial charge is 0.226 e. The predicted octanol–water partition coefficient (Wildman–Crippen LogP) is 6.88. The summed E-state index contributed by atoms with van der Waals surface area (Å²) in [6, 6.07) is 14.3. The summed E-state index contributed by atoms with van der Waals surface area (Å²) < 4.78 is 13.1. The number of piperidine rings is 1. The molecule has 2 N–H and O–H groups in total. The SMILES string of the molecule is C/C=C/C(CCN1CCC(c2cccc(NC(=O)C(C)C)c2)CC1)NC(=O)Cc1ccc(F)cc1.C/C=C\C. The molecule has 1 saturated heterocycles. The lowest BCUT2D eigenvalue weighted by atomic mass is 9.89. The van der Waals surface area contributed by atoms with E-state index in [9.17, 15) is 14.0 Å². The van der Waals surface area contributed by atoms with Gasteiger partial charge >= 0.3 is 0 Å². The van der Waals surface area contributed by atoms with Crippen molar-refractivity contribution in [2.24, 2.45) is 5.92 Å². The Kier molecular flexibility index (Phi) is 14.2. The third kappa shape index (κ3) is 12.0. The molecule has 0 aliphatic carbocycles. The van der Waals surface area contributed by atoms with Gasteiger partial charge in [-0.05, 0) is 94.4 Å². The number of amides is 2. The molecule has 1 aliphatic heterocycles. The van der Waals surface area contributed by atoms with Gasteiger partial charge < -0.3 is 15.5 Å². The van der Waals surface area contributed by atoms with E-state index in [1.54, 1.807) is 12.1 Å². The van der Waals surface area contributed by atoms with Crippen molar-refractivity contribution in [1.29, 1.82) is 0 Å². The number of hydrogen-bond acceptors (Lipinski definition) is 3. The number of rotatable bonds is 10. The maximum absolute atomic E-state index is 13.1. The summed E-state index contributed by atoms with van der Waals surface area (Å²) in [5.41, 5.74) is 2.96. The molecule has 1 fully saturated rings. The Morgan fingerprint density at radius 2 is 1.67 bits per heavy atom. The summed E-state index contributed by atoms with van der Waals surface area (Å²) in [6.45, 7) is 12.7. The number of carbonyl (C=O) groups is 2. The van der Waals surface area contributed by atoms with Crippen LogP contribution in [0.1, 0.15) is 70.9 Å². The first kappa shape index (κ1) is 32.0. The van der Waals surface area contributed by atoms with E-state index in [4.69, 9.17) is 0 Å². The highest BCUT2D eigenvalue weighted by Gasteiger charge is 2.22. The quantitative estimate of drug-likeness (QED) is 0.326. The van der Waals surface area contributed by atoms with Crippen LogP contribution in [0.4, 0.5) is 10.1 Å². The van der Waals surface area contributed by atoms with E-state index in [1.165, 1.54) is 17.7 Å². The van der Waals surface area contributed by atoms with Gasteiger partial charge in [-0.3, -0.25) is 9.59 Å². The number of hydrogen-bond donors (Lipinski definition) is 2. The lowest BCUT2D eigenvalue weighted by Crippen LogP contribution is -2.39. The summed E-state index contributed by atoms with van der Waals surface area (Å²) in [4.78, 5) is 27.0. The van der Waals surface area contributed by atoms with Crippen molar-refractivity contribution >= 4 is 17.5 Å². The van der Waals surface area contributed by atoms with Gasteiger partial charge in [-0.1, -0.05) is 62.4 Å². The molecule has 1 aliphatic rings. The number of nitrogens with zero attached hydrogens (tertiary/aromatic N) is 1. The van der Waals surface area contributed by atoms with E-state index in [1.807, 2.05) is 71.1 Å². The van der Waals surface area contributed by atoms with Crippen LogP contribution in [0.15, 0.2) is 72.8 Å². The van der Waals surface area contributed by atoms with Gasteiger partial charge in [0.1, 0.15) is 5.82 Å². The van der Waals surface area contributed by atoms with Gasteiger partial charge in [-0.15, -0.1) is 0 Å². The molecular weight excluding hydrogens is 489 g/mol. The summed E-state index contributed by atoms with van der Waals surface area (Å²) in [7, 11) is 0. The molecule has 0 spiro atoms. The lowest BCUT2D eigenvalue weighted by Gasteiger charge is -2.33. The average molecular weight is 536 g/mol. The molecule has 6 heteroatoms. The molecule has 0 saturated carbocycles. The van der Waals surface area contributed by atoms with Crippen LogP contribution in [0.5, 0.6) is 0 Å². The fourth-order valence-electron chi connectivity index (χ4n) is 4.46. The zero-order valence-electron chi connectivity index (χ0n) is 24.3. The van der Waals surface area contributed by atoms with Crippen LogP contribution in [0, 0.1) is 11.7 Å². The minimum absolute atomic E-state index is 0.0214. The summed E-state index contributed by atoms with van der Waals surface area (Å²) in [5.74, 6) is 0.139. The number of benzene rings is 2. The van der Waals surface area contributed by atoms with Crippen LogP contribution < -0.4 is 10.6 Å². The molecule has 2 aromatic rings. The Hall–Kier alpha value is -3.25. The second-order valence-electron chi connectivity index (χ2n) is 10.3. The highest BCUT2D eigenvalue weighted by Crippen LogP contribution is 2.29. The number of halogens is 1. The van der Waals surface area contributed by atoms with E-state index >= 15 is 0 Å². The van der Waals surface area contributed by atoms with E-state index in [0.29, 0.717) is 5.92 Å². The number of allylic oxidation sites excluding steroid dienone is 3. The van der Waals surface area contributed by atoms with E-state index in [0.717, 1.165) is 50.1 Å². The normalized spacial score (nSPS) is 15.3. The van der Waals surface area contributed by atoms with Crippen molar-refractivity contribution in [3.8, 4) is 0 Å². The summed E-state index contributed by atoms with van der Waals surface area (Å²) >= 11 is 0. The number of likely N-dealkylation sites (tertiary alicyclic amines) is 1. The zero-order chi connectivity index (χ0) is 28.6. The summed E-state index contributed by atoms with van der Waals surface area (Å²) in [5, 5.41) is 6.10. The Morgan fingerprint density at radius 1 is 1.00 bits per heavy atom. The maximum atomic E-state index is 13.1. The second-order valence-corrected chi connectivity index (χ2v) is 10.3. The average Bonchev–Trinajstić information content (AvgIpc) is 2.93. The first-order valence-corrected chi connectivity index (χ1v) is 14.1. The highest BCUT2D eigenvalue weighted by atomic mass is 19.1. The van der Waals surface area contributed by atoms with Crippen LogP contribution >= 0.6 is 0 Å². The van der Waals surface area contributed by atoms with Gasteiger partial charge in [0.15, 0.2) is 0 Å². The minimum Gasteiger partial charge on any atom is -0.350 e. The fraction of sp³-hybridized carbons (Fsp3) is 0.455. The largest absolute Gasteiger partial charge is 0.350 e. The van der Waals surface area contributed by atoms with Gasteiger partial charge in [-0.2, -0.15) is 0 Å². The van der Waals surface area contributed by atoms with Crippen LogP contribution in [0.3, 0.4) is 0 Å². The minimum atomic E-state index is -0.296. The maximum Gasteiger partial charge on any atom is 0.226 e. The van der Waals surface area contributed by atoms with Crippen molar-refractivity contribution in [3.63, 3.8) is 0 Å². The van der Waals surface area contributed by atoms with Crippen LogP contribution in [-0.2, 0) is 16.0 Å². The van der Waals surface area contributed by atoms with Gasteiger partial charge in [0.2, 0.25) is 11.8 Å². The topological polar surface area (TPSA) is 61.4 Å². The standard InChI is InChI=1S/C29H38FN3O2.C4H8/c1-4-6-26(31-28(34)19-22-9-11-25(30)12-10-22)15-18-33-16-13-23(14-17-33)24-7-5-8-27(20-24)32-29(35)21(2)3;1-3-4-2/h4-12,20-21,23,26H,13-19H2,1-3H3,(H,31,34)(H,32,35);3-4H,1-2H3/b6-4+;4-3-. The van der Waals surface area contributed by atoms with Crippen molar-refractivity contribution in [3.05, 3.63) is 89.8 Å². The fourth-order valence-corrected chi connectivity index (χ4v) is 4.46. The molecule has 0 aromatic heterocycles. The zero-order valence-corrected chi connectivity index (χ0v) is 24.3. The van der Waals surface area contributed by atoms with Gasteiger partial charge in [0, 0.05) is 24.2 Å². The first-order valence-electron chi connectivity index (χ1n) is 14.1. The molecule has 2 amide bonds. The summed E-state index contributed by atoms with van der Waals surface area (Å²) in [6.07, 6.45) is 11.3. The molecule has 39 heavy (non-hydrogen) atoms. The monoisotopic (exact) mass is 535 g/mol. The van der Waals surface area contributed by atoms with E-state index < -0.39 is 0 Å². The third-order valence-electron chi connectivity index (χ3n) is 6.88. The number of carbonyl (C=O) groups excluding carboxylic acids is 2. The highest BCUT2D eigenvalue weighted by molar-refractivity contribution is 5.92. The second kappa shape index (κ2) is 17.4. The molecule has 2 aromatic carbocycles. The van der Waals surface area contributed by atoms with Gasteiger partial charge in [-0.25, -0.2) is 4.39 Å². The van der Waals surface area contributed by atoms with Crippen LogP contribution in [-0.4, -0.2) is 42.4 Å². The molecule has 1 heterocycles. The van der Waals surface area contributed by atoms with Crippen LogP contribution in [0.2, 0.25) is 0 Å². The van der Waals surface area contributed by atoms with Crippen molar-refractivity contribution in [1.82, 2.24) is 10.2 Å².